The van der Waals surface area contributed by atoms with Crippen molar-refractivity contribution in [3.63, 3.8) is 0 Å². The van der Waals surface area contributed by atoms with Gasteiger partial charge in [0.25, 0.3) is 11.6 Å². The maximum absolute atomic E-state index is 13.1. The fourth-order valence-electron chi connectivity index (χ4n) is 4.08. The molecule has 178 valence electrons. The van der Waals surface area contributed by atoms with Gasteiger partial charge in [0.05, 0.1) is 16.9 Å². The van der Waals surface area contributed by atoms with Crippen LogP contribution in [0.25, 0.3) is 6.08 Å². The van der Waals surface area contributed by atoms with Crippen LogP contribution in [0, 0.1) is 10.1 Å². The molecule has 10 heteroatoms. The van der Waals surface area contributed by atoms with E-state index in [4.69, 9.17) is 21.7 Å². The number of nitro groups is 1. The van der Waals surface area contributed by atoms with Crippen LogP contribution in [0.2, 0.25) is 0 Å². The zero-order valence-corrected chi connectivity index (χ0v) is 21.7. The van der Waals surface area contributed by atoms with Crippen LogP contribution in [-0.2, 0) is 11.4 Å². The first-order chi connectivity index (χ1) is 16.4. The first-order valence-electron chi connectivity index (χ1n) is 10.9. The van der Waals surface area contributed by atoms with Crippen LogP contribution in [0.3, 0.4) is 0 Å². The number of carbonyl (C=O) groups is 1. The van der Waals surface area contributed by atoms with E-state index in [1.165, 1.54) is 30.3 Å². The third-order valence-electron chi connectivity index (χ3n) is 5.87. The van der Waals surface area contributed by atoms with E-state index in [-0.39, 0.29) is 24.2 Å². The van der Waals surface area contributed by atoms with Gasteiger partial charge >= 0.3 is 0 Å². The molecule has 0 unspecified atom stereocenters. The van der Waals surface area contributed by atoms with Crippen molar-refractivity contribution in [1.29, 1.82) is 0 Å². The van der Waals surface area contributed by atoms with Gasteiger partial charge in [0.1, 0.15) is 10.9 Å². The summed E-state index contributed by atoms with van der Waals surface area (Å²) in [4.78, 5) is 25.9. The van der Waals surface area contributed by atoms with Gasteiger partial charge in [-0.05, 0) is 54.3 Å². The predicted molar refractivity (Wildman–Crippen MR) is 140 cm³/mol. The molecule has 7 nitrogen and oxygen atoms in total. The molecule has 0 N–H and O–H groups in total. The van der Waals surface area contributed by atoms with Crippen LogP contribution in [-0.4, -0.2) is 33.2 Å². The van der Waals surface area contributed by atoms with Crippen molar-refractivity contribution in [2.45, 2.75) is 44.8 Å². The number of rotatable bonds is 7. The zero-order chi connectivity index (χ0) is 24.2. The quantitative estimate of drug-likeness (QED) is 0.165. The van der Waals surface area contributed by atoms with Crippen molar-refractivity contribution < 1.29 is 19.2 Å². The van der Waals surface area contributed by atoms with Crippen molar-refractivity contribution in [1.82, 2.24) is 4.90 Å². The average molecular weight is 563 g/mol. The molecule has 0 atom stereocenters. The van der Waals surface area contributed by atoms with E-state index in [0.717, 1.165) is 41.3 Å². The number of methoxy groups -OCH3 is 1. The molecule has 34 heavy (non-hydrogen) atoms. The van der Waals surface area contributed by atoms with Gasteiger partial charge in [-0.2, -0.15) is 0 Å². The molecule has 2 aromatic carbocycles. The van der Waals surface area contributed by atoms with Crippen molar-refractivity contribution in [2.24, 2.45) is 0 Å². The van der Waals surface area contributed by atoms with Crippen LogP contribution in [0.4, 0.5) is 5.69 Å². The Morgan fingerprint density at radius 3 is 2.56 bits per heavy atom. The molecule has 1 heterocycles. The number of ether oxygens (including phenoxy) is 2. The molecule has 2 fully saturated rings. The highest BCUT2D eigenvalue weighted by molar-refractivity contribution is 9.10. The Hall–Kier alpha value is -2.43. The van der Waals surface area contributed by atoms with Crippen LogP contribution >= 0.6 is 39.9 Å². The molecular formula is C24H23BrN2O5S2. The summed E-state index contributed by atoms with van der Waals surface area (Å²) in [7, 11) is 1.55. The summed E-state index contributed by atoms with van der Waals surface area (Å²) in [6, 6.07) is 9.99. The monoisotopic (exact) mass is 562 g/mol. The Kier molecular flexibility index (Phi) is 7.90. The Morgan fingerprint density at radius 1 is 1.21 bits per heavy atom. The highest BCUT2D eigenvalue weighted by Crippen LogP contribution is 2.40. The lowest BCUT2D eigenvalue weighted by Gasteiger charge is -2.29. The number of thiocarbonyl (C=S) groups is 1. The smallest absolute Gasteiger partial charge is 0.269 e. The van der Waals surface area contributed by atoms with Gasteiger partial charge in [-0.3, -0.25) is 19.8 Å². The Morgan fingerprint density at radius 2 is 1.91 bits per heavy atom. The van der Waals surface area contributed by atoms with E-state index >= 15 is 0 Å². The summed E-state index contributed by atoms with van der Waals surface area (Å²) in [5.74, 6) is 0.991. The van der Waals surface area contributed by atoms with E-state index in [9.17, 15) is 14.9 Å². The summed E-state index contributed by atoms with van der Waals surface area (Å²) >= 11 is 10.4. The van der Waals surface area contributed by atoms with Crippen molar-refractivity contribution >= 4 is 61.9 Å². The molecule has 0 aromatic heterocycles. The van der Waals surface area contributed by atoms with Crippen molar-refractivity contribution in [3.8, 4) is 11.5 Å². The zero-order valence-electron chi connectivity index (χ0n) is 18.5. The highest BCUT2D eigenvalue weighted by Gasteiger charge is 2.37. The number of thioether (sulfide) groups is 1. The summed E-state index contributed by atoms with van der Waals surface area (Å²) < 4.78 is 12.8. The fraction of sp³-hybridized carbons (Fsp3) is 0.333. The minimum Gasteiger partial charge on any atom is -0.493 e. The van der Waals surface area contributed by atoms with Gasteiger partial charge in [-0.15, -0.1) is 0 Å². The Labute approximate surface area is 215 Å². The first-order valence-corrected chi connectivity index (χ1v) is 12.9. The molecule has 2 aromatic rings. The lowest BCUT2D eigenvalue weighted by atomic mass is 9.94. The van der Waals surface area contributed by atoms with Crippen molar-refractivity contribution in [2.75, 3.05) is 7.11 Å². The normalized spacial score (nSPS) is 17.9. The van der Waals surface area contributed by atoms with E-state index in [1.54, 1.807) is 30.2 Å². The third-order valence-corrected chi connectivity index (χ3v) is 7.89. The molecule has 1 amide bonds. The molecule has 1 saturated carbocycles. The summed E-state index contributed by atoms with van der Waals surface area (Å²) in [5, 5.41) is 10.8. The maximum atomic E-state index is 13.1. The number of nitro benzene ring substituents is 1. The molecule has 0 spiro atoms. The topological polar surface area (TPSA) is 81.9 Å². The van der Waals surface area contributed by atoms with Gasteiger partial charge in [0, 0.05) is 22.6 Å². The molecule has 4 rings (SSSR count). The molecular weight excluding hydrogens is 540 g/mol. The molecule has 1 saturated heterocycles. The number of amides is 1. The molecule has 2 aliphatic rings. The van der Waals surface area contributed by atoms with E-state index in [2.05, 4.69) is 15.9 Å². The SMILES string of the molecule is COc1cc(/C=C2\SC(=S)N(C3CCCCC3)C2=O)c(Br)cc1OCc1ccc([N+](=O)[O-])cc1. The Bertz CT molecular complexity index is 1150. The number of carbonyl (C=O) groups excluding carboxylic acids is 1. The van der Waals surface area contributed by atoms with Crippen LogP contribution < -0.4 is 9.47 Å². The number of nitrogens with zero attached hydrogens (tertiary/aromatic N) is 2. The number of hydrogen-bond donors (Lipinski definition) is 0. The second-order valence-corrected chi connectivity index (χ2v) is 10.6. The summed E-state index contributed by atoms with van der Waals surface area (Å²) in [6.45, 7) is 0.222. The molecule has 0 radical (unpaired) electrons. The summed E-state index contributed by atoms with van der Waals surface area (Å²) in [6.07, 6.45) is 7.30. The van der Waals surface area contributed by atoms with Gasteiger partial charge in [-0.1, -0.05) is 59.2 Å². The maximum Gasteiger partial charge on any atom is 0.269 e. The number of halogens is 1. The highest BCUT2D eigenvalue weighted by atomic mass is 79.9. The molecule has 1 aliphatic heterocycles. The minimum atomic E-state index is -0.438. The standard InChI is InChI=1S/C24H23BrN2O5S2/c1-31-20-11-16(12-22-23(28)26(24(33)34-22)17-5-3-2-4-6-17)19(25)13-21(20)32-14-15-7-9-18(10-8-15)27(29)30/h7-13,17H,2-6,14H2,1H3/b22-12-. The van der Waals surface area contributed by atoms with Gasteiger partial charge < -0.3 is 9.47 Å². The Balaban J connectivity index is 1.51. The second-order valence-electron chi connectivity index (χ2n) is 8.08. The van der Waals surface area contributed by atoms with Crippen LogP contribution in [0.15, 0.2) is 45.8 Å². The summed E-state index contributed by atoms with van der Waals surface area (Å²) in [5.41, 5.74) is 1.60. The number of non-ortho nitro benzene ring substituents is 1. The molecule has 0 bridgehead atoms. The third kappa shape index (κ3) is 5.45. The van der Waals surface area contributed by atoms with Crippen LogP contribution in [0.5, 0.6) is 11.5 Å². The van der Waals surface area contributed by atoms with Gasteiger partial charge in [0.2, 0.25) is 0 Å². The average Bonchev–Trinajstić information content (AvgIpc) is 3.12. The van der Waals surface area contributed by atoms with E-state index in [0.29, 0.717) is 20.7 Å². The number of hydrogen-bond acceptors (Lipinski definition) is 7. The van der Waals surface area contributed by atoms with Gasteiger partial charge in [-0.25, -0.2) is 0 Å². The second kappa shape index (κ2) is 10.9. The largest absolute Gasteiger partial charge is 0.493 e. The van der Waals surface area contributed by atoms with E-state index in [1.807, 2.05) is 12.1 Å². The van der Waals surface area contributed by atoms with E-state index < -0.39 is 4.92 Å². The first kappa shape index (κ1) is 24.7. The lowest BCUT2D eigenvalue weighted by Crippen LogP contribution is -2.39. The minimum absolute atomic E-state index is 0.0299. The fourth-order valence-corrected chi connectivity index (χ4v) is 5.91. The number of benzene rings is 2. The molecule has 1 aliphatic carbocycles. The van der Waals surface area contributed by atoms with Gasteiger partial charge in [0.15, 0.2) is 11.5 Å². The van der Waals surface area contributed by atoms with Crippen LogP contribution in [0.1, 0.15) is 43.2 Å². The predicted octanol–water partition coefficient (Wildman–Crippen LogP) is 6.48. The van der Waals surface area contributed by atoms with Crippen molar-refractivity contribution in [3.05, 3.63) is 67.0 Å². The lowest BCUT2D eigenvalue weighted by molar-refractivity contribution is -0.384.